The van der Waals surface area contributed by atoms with Gasteiger partial charge in [-0.05, 0) is 18.2 Å². The molecule has 0 radical (unpaired) electrons. The molecule has 4 nitrogen and oxygen atoms in total. The van der Waals surface area contributed by atoms with Crippen LogP contribution in [0.4, 0.5) is 14.5 Å². The van der Waals surface area contributed by atoms with Crippen molar-refractivity contribution in [1.82, 2.24) is 4.90 Å². The van der Waals surface area contributed by atoms with Gasteiger partial charge in [-0.25, -0.2) is 8.78 Å². The highest BCUT2D eigenvalue weighted by atomic mass is 19.3. The second kappa shape index (κ2) is 5.47. The number of ether oxygens (including phenoxy) is 1. The van der Waals surface area contributed by atoms with E-state index in [2.05, 4.69) is 0 Å². The standard InChI is InChI=1S/C11H14F2N2O2/c1-15(6-10(12)13)11(16)8-5-7(17-2)3-4-9(8)14/h3-5,10H,6,14H2,1-2H3. The first kappa shape index (κ1) is 13.2. The third-order valence-electron chi connectivity index (χ3n) is 2.25. The van der Waals surface area contributed by atoms with Crippen LogP contribution >= 0.6 is 0 Å². The largest absolute Gasteiger partial charge is 0.497 e. The molecule has 2 N–H and O–H groups in total. The Hall–Kier alpha value is -1.85. The number of hydrogen-bond donors (Lipinski definition) is 1. The molecule has 0 saturated carbocycles. The Bertz CT molecular complexity index is 410. The zero-order chi connectivity index (χ0) is 13.0. The average Bonchev–Trinajstić information content (AvgIpc) is 2.28. The molecule has 94 valence electrons. The number of nitrogens with two attached hydrogens (primary N) is 1. The van der Waals surface area contributed by atoms with E-state index in [9.17, 15) is 13.6 Å². The van der Waals surface area contributed by atoms with Crippen LogP contribution in [0.3, 0.4) is 0 Å². The van der Waals surface area contributed by atoms with E-state index in [1.807, 2.05) is 0 Å². The molecule has 0 unspecified atom stereocenters. The molecule has 0 aliphatic heterocycles. The Labute approximate surface area is 98.0 Å². The van der Waals surface area contributed by atoms with Gasteiger partial charge in [-0.3, -0.25) is 4.79 Å². The molecule has 0 saturated heterocycles. The molecule has 1 rings (SSSR count). The first-order chi connectivity index (χ1) is 7.95. The van der Waals surface area contributed by atoms with Crippen LogP contribution in [0.2, 0.25) is 0 Å². The second-order valence-electron chi connectivity index (χ2n) is 3.53. The summed E-state index contributed by atoms with van der Waals surface area (Å²) in [5, 5.41) is 0. The highest BCUT2D eigenvalue weighted by Gasteiger charge is 2.18. The topological polar surface area (TPSA) is 55.6 Å². The molecule has 0 aliphatic rings. The van der Waals surface area contributed by atoms with Crippen LogP contribution in [-0.2, 0) is 0 Å². The van der Waals surface area contributed by atoms with E-state index in [0.717, 1.165) is 4.90 Å². The summed E-state index contributed by atoms with van der Waals surface area (Å²) in [7, 11) is 2.75. The van der Waals surface area contributed by atoms with Crippen molar-refractivity contribution in [3.05, 3.63) is 23.8 Å². The average molecular weight is 244 g/mol. The molecule has 1 amide bonds. The van der Waals surface area contributed by atoms with Crippen molar-refractivity contribution in [3.63, 3.8) is 0 Å². The van der Waals surface area contributed by atoms with Crippen LogP contribution in [-0.4, -0.2) is 37.9 Å². The zero-order valence-corrected chi connectivity index (χ0v) is 9.61. The Morgan fingerprint density at radius 1 is 1.53 bits per heavy atom. The van der Waals surface area contributed by atoms with Gasteiger partial charge in [-0.2, -0.15) is 0 Å². The van der Waals surface area contributed by atoms with E-state index in [-0.39, 0.29) is 11.3 Å². The number of methoxy groups -OCH3 is 1. The summed E-state index contributed by atoms with van der Waals surface area (Å²) in [5.74, 6) is -0.102. The van der Waals surface area contributed by atoms with Crippen LogP contribution in [0.15, 0.2) is 18.2 Å². The Morgan fingerprint density at radius 3 is 2.71 bits per heavy atom. The van der Waals surface area contributed by atoms with Crippen LogP contribution in [0.1, 0.15) is 10.4 Å². The number of hydrogen-bond acceptors (Lipinski definition) is 3. The second-order valence-corrected chi connectivity index (χ2v) is 3.53. The first-order valence-corrected chi connectivity index (χ1v) is 4.92. The van der Waals surface area contributed by atoms with Gasteiger partial charge in [0.25, 0.3) is 12.3 Å². The maximum atomic E-state index is 12.2. The smallest absolute Gasteiger partial charge is 0.256 e. The highest BCUT2D eigenvalue weighted by molar-refractivity contribution is 5.99. The summed E-state index contributed by atoms with van der Waals surface area (Å²) in [6.45, 7) is -0.629. The van der Waals surface area contributed by atoms with Gasteiger partial charge in [-0.1, -0.05) is 0 Å². The van der Waals surface area contributed by atoms with E-state index in [4.69, 9.17) is 10.5 Å². The number of carbonyl (C=O) groups is 1. The zero-order valence-electron chi connectivity index (χ0n) is 9.61. The number of anilines is 1. The SMILES string of the molecule is COc1ccc(N)c(C(=O)N(C)CC(F)F)c1. The molecular formula is C11H14F2N2O2. The molecule has 1 aromatic rings. The number of nitrogens with zero attached hydrogens (tertiary/aromatic N) is 1. The van der Waals surface area contributed by atoms with Gasteiger partial charge in [0.05, 0.1) is 19.2 Å². The fourth-order valence-corrected chi connectivity index (χ4v) is 1.34. The summed E-state index contributed by atoms with van der Waals surface area (Å²) in [6.07, 6.45) is -2.57. The molecule has 6 heteroatoms. The molecule has 0 aromatic heterocycles. The molecule has 0 fully saturated rings. The monoisotopic (exact) mass is 244 g/mol. The van der Waals surface area contributed by atoms with Crippen molar-refractivity contribution in [1.29, 1.82) is 0 Å². The van der Waals surface area contributed by atoms with E-state index in [1.165, 1.54) is 26.3 Å². The fourth-order valence-electron chi connectivity index (χ4n) is 1.34. The summed E-state index contributed by atoms with van der Waals surface area (Å²) in [5.41, 5.74) is 6.02. The van der Waals surface area contributed by atoms with Gasteiger partial charge in [0.1, 0.15) is 5.75 Å². The fraction of sp³-hybridized carbons (Fsp3) is 0.364. The van der Waals surface area contributed by atoms with Gasteiger partial charge in [0.15, 0.2) is 0 Å². The van der Waals surface area contributed by atoms with Crippen LogP contribution in [0.25, 0.3) is 0 Å². The predicted octanol–water partition coefficient (Wildman–Crippen LogP) is 1.61. The summed E-state index contributed by atoms with van der Waals surface area (Å²) in [4.78, 5) is 12.8. The maximum absolute atomic E-state index is 12.2. The normalized spacial score (nSPS) is 10.4. The van der Waals surface area contributed by atoms with Gasteiger partial charge in [0.2, 0.25) is 0 Å². The van der Waals surface area contributed by atoms with E-state index in [0.29, 0.717) is 5.75 Å². The first-order valence-electron chi connectivity index (χ1n) is 4.92. The number of alkyl halides is 2. The van der Waals surface area contributed by atoms with Crippen molar-refractivity contribution < 1.29 is 18.3 Å². The molecule has 1 aromatic carbocycles. The molecule has 0 heterocycles. The Kier molecular flexibility index (Phi) is 4.25. The third-order valence-corrected chi connectivity index (χ3v) is 2.25. The van der Waals surface area contributed by atoms with Crippen molar-refractivity contribution in [2.75, 3.05) is 26.4 Å². The summed E-state index contributed by atoms with van der Waals surface area (Å²) in [6, 6.07) is 4.53. The molecule has 0 bridgehead atoms. The number of carbonyl (C=O) groups excluding carboxylic acids is 1. The Balaban J connectivity index is 2.94. The number of benzene rings is 1. The van der Waals surface area contributed by atoms with Crippen molar-refractivity contribution in [2.45, 2.75) is 6.43 Å². The molecular weight excluding hydrogens is 230 g/mol. The van der Waals surface area contributed by atoms with Crippen LogP contribution in [0.5, 0.6) is 5.75 Å². The molecule has 0 atom stereocenters. The van der Waals surface area contributed by atoms with Gasteiger partial charge < -0.3 is 15.4 Å². The number of nitrogen functional groups attached to an aromatic ring is 1. The lowest BCUT2D eigenvalue weighted by Crippen LogP contribution is -2.31. The summed E-state index contributed by atoms with van der Waals surface area (Å²) < 4.78 is 29.3. The van der Waals surface area contributed by atoms with E-state index in [1.54, 1.807) is 6.07 Å². The van der Waals surface area contributed by atoms with Crippen LogP contribution in [0, 0.1) is 0 Å². The lowest BCUT2D eigenvalue weighted by Gasteiger charge is -2.17. The molecule has 17 heavy (non-hydrogen) atoms. The number of rotatable bonds is 4. The number of halogens is 2. The lowest BCUT2D eigenvalue weighted by atomic mass is 10.1. The third kappa shape index (κ3) is 3.30. The van der Waals surface area contributed by atoms with Crippen LogP contribution < -0.4 is 10.5 Å². The van der Waals surface area contributed by atoms with Crippen molar-refractivity contribution in [2.24, 2.45) is 0 Å². The predicted molar refractivity (Wildman–Crippen MR) is 60.4 cm³/mol. The quantitative estimate of drug-likeness (QED) is 0.819. The summed E-state index contributed by atoms with van der Waals surface area (Å²) >= 11 is 0. The van der Waals surface area contributed by atoms with Gasteiger partial charge in [-0.15, -0.1) is 0 Å². The number of amides is 1. The minimum atomic E-state index is -2.57. The highest BCUT2D eigenvalue weighted by Crippen LogP contribution is 2.20. The van der Waals surface area contributed by atoms with Gasteiger partial charge in [0, 0.05) is 12.7 Å². The minimum Gasteiger partial charge on any atom is -0.497 e. The lowest BCUT2D eigenvalue weighted by molar-refractivity contribution is 0.0621. The molecule has 0 spiro atoms. The van der Waals surface area contributed by atoms with Crippen molar-refractivity contribution >= 4 is 11.6 Å². The Morgan fingerprint density at radius 2 is 2.18 bits per heavy atom. The van der Waals surface area contributed by atoms with E-state index < -0.39 is 18.9 Å². The van der Waals surface area contributed by atoms with E-state index >= 15 is 0 Å². The minimum absolute atomic E-state index is 0.160. The molecule has 0 aliphatic carbocycles. The maximum Gasteiger partial charge on any atom is 0.256 e. The van der Waals surface area contributed by atoms with Gasteiger partial charge >= 0.3 is 0 Å². The van der Waals surface area contributed by atoms with Crippen molar-refractivity contribution in [3.8, 4) is 5.75 Å².